The Morgan fingerprint density at radius 3 is 3.13 bits per heavy atom. The zero-order chi connectivity index (χ0) is 16.5. The van der Waals surface area contributed by atoms with Crippen LogP contribution in [0.3, 0.4) is 0 Å². The molecule has 2 rings (SSSR count). The number of carbonyl (C=O) groups is 2. The number of carbonyl (C=O) groups excluding carboxylic acids is 2. The van der Waals surface area contributed by atoms with Crippen molar-refractivity contribution in [2.24, 2.45) is 0 Å². The Bertz CT molecular complexity index is 536. The molecule has 2 amide bonds. The van der Waals surface area contributed by atoms with Crippen LogP contribution in [0.1, 0.15) is 24.8 Å². The SMILES string of the molecule is Cc1cccc(OCCSCC(=O)NC2CCCCNC2=O)c1. The zero-order valence-electron chi connectivity index (χ0n) is 13.5. The van der Waals surface area contributed by atoms with Crippen molar-refractivity contribution in [2.75, 3.05) is 24.7 Å². The second-order valence-corrected chi connectivity index (χ2v) is 6.73. The minimum atomic E-state index is -0.380. The van der Waals surface area contributed by atoms with Crippen LogP contribution in [0.4, 0.5) is 0 Å². The first-order valence-electron chi connectivity index (χ1n) is 7.99. The van der Waals surface area contributed by atoms with Gasteiger partial charge in [0.2, 0.25) is 11.8 Å². The van der Waals surface area contributed by atoms with Crippen molar-refractivity contribution in [2.45, 2.75) is 32.2 Å². The first-order valence-corrected chi connectivity index (χ1v) is 9.15. The molecule has 0 aromatic heterocycles. The third-order valence-electron chi connectivity index (χ3n) is 3.59. The second kappa shape index (κ2) is 9.45. The van der Waals surface area contributed by atoms with Crippen LogP contribution in [0.5, 0.6) is 5.75 Å². The molecule has 1 aliphatic heterocycles. The molecule has 0 radical (unpaired) electrons. The summed E-state index contributed by atoms with van der Waals surface area (Å²) in [5.74, 6) is 1.78. The van der Waals surface area contributed by atoms with Gasteiger partial charge in [-0.25, -0.2) is 0 Å². The molecule has 1 aliphatic rings. The van der Waals surface area contributed by atoms with Gasteiger partial charge in [-0.05, 0) is 43.9 Å². The van der Waals surface area contributed by atoms with Crippen LogP contribution in [-0.4, -0.2) is 42.5 Å². The number of benzene rings is 1. The van der Waals surface area contributed by atoms with Crippen LogP contribution in [0.15, 0.2) is 24.3 Å². The molecule has 1 unspecified atom stereocenters. The summed E-state index contributed by atoms with van der Waals surface area (Å²) in [7, 11) is 0. The number of aryl methyl sites for hydroxylation is 1. The number of amides is 2. The predicted molar refractivity (Wildman–Crippen MR) is 92.8 cm³/mol. The third-order valence-corrected chi connectivity index (χ3v) is 4.51. The minimum absolute atomic E-state index is 0.0661. The first kappa shape index (κ1) is 17.7. The molecule has 0 bridgehead atoms. The van der Waals surface area contributed by atoms with E-state index in [4.69, 9.17) is 4.74 Å². The van der Waals surface area contributed by atoms with E-state index in [1.54, 1.807) is 0 Å². The van der Waals surface area contributed by atoms with Crippen LogP contribution >= 0.6 is 11.8 Å². The van der Waals surface area contributed by atoms with Crippen molar-refractivity contribution in [3.8, 4) is 5.75 Å². The molecular weight excluding hydrogens is 312 g/mol. The number of hydrogen-bond acceptors (Lipinski definition) is 4. The molecule has 5 nitrogen and oxygen atoms in total. The molecule has 1 fully saturated rings. The molecule has 1 aromatic rings. The van der Waals surface area contributed by atoms with E-state index in [0.717, 1.165) is 36.3 Å². The van der Waals surface area contributed by atoms with Crippen molar-refractivity contribution >= 4 is 23.6 Å². The maximum atomic E-state index is 11.9. The monoisotopic (exact) mass is 336 g/mol. The quantitative estimate of drug-likeness (QED) is 0.746. The topological polar surface area (TPSA) is 67.4 Å². The van der Waals surface area contributed by atoms with E-state index >= 15 is 0 Å². The Hall–Kier alpha value is -1.69. The lowest BCUT2D eigenvalue weighted by Crippen LogP contribution is -2.46. The number of hydrogen-bond donors (Lipinski definition) is 2. The lowest BCUT2D eigenvalue weighted by molar-refractivity contribution is -0.127. The van der Waals surface area contributed by atoms with Gasteiger partial charge in [0, 0.05) is 12.3 Å². The third kappa shape index (κ3) is 6.52. The van der Waals surface area contributed by atoms with Crippen LogP contribution < -0.4 is 15.4 Å². The van der Waals surface area contributed by atoms with Crippen LogP contribution in [0, 0.1) is 6.92 Å². The highest BCUT2D eigenvalue weighted by Crippen LogP contribution is 2.13. The van der Waals surface area contributed by atoms with Crippen LogP contribution in [0.25, 0.3) is 0 Å². The molecule has 1 aromatic carbocycles. The molecule has 1 heterocycles. The number of rotatable bonds is 7. The van der Waals surface area contributed by atoms with E-state index in [1.165, 1.54) is 11.8 Å². The summed E-state index contributed by atoms with van der Waals surface area (Å²) in [6, 6.07) is 7.52. The van der Waals surface area contributed by atoms with E-state index < -0.39 is 0 Å². The zero-order valence-corrected chi connectivity index (χ0v) is 14.3. The van der Waals surface area contributed by atoms with E-state index in [1.807, 2.05) is 31.2 Å². The van der Waals surface area contributed by atoms with Gasteiger partial charge in [-0.1, -0.05) is 12.1 Å². The van der Waals surface area contributed by atoms with E-state index in [9.17, 15) is 9.59 Å². The van der Waals surface area contributed by atoms with Gasteiger partial charge in [0.05, 0.1) is 12.4 Å². The van der Waals surface area contributed by atoms with Gasteiger partial charge in [-0.2, -0.15) is 0 Å². The molecule has 1 saturated heterocycles. The van der Waals surface area contributed by atoms with Gasteiger partial charge in [0.15, 0.2) is 0 Å². The Morgan fingerprint density at radius 2 is 2.30 bits per heavy atom. The molecule has 2 N–H and O–H groups in total. The first-order chi connectivity index (χ1) is 11.1. The molecule has 0 aliphatic carbocycles. The average molecular weight is 336 g/mol. The second-order valence-electron chi connectivity index (χ2n) is 5.62. The van der Waals surface area contributed by atoms with Gasteiger partial charge in [0.25, 0.3) is 0 Å². The van der Waals surface area contributed by atoms with E-state index in [-0.39, 0.29) is 17.9 Å². The van der Waals surface area contributed by atoms with Crippen molar-refractivity contribution in [1.29, 1.82) is 0 Å². The smallest absolute Gasteiger partial charge is 0.242 e. The van der Waals surface area contributed by atoms with Gasteiger partial charge in [-0.15, -0.1) is 11.8 Å². The summed E-state index contributed by atoms with van der Waals surface area (Å²) in [4.78, 5) is 23.7. The number of thioether (sulfide) groups is 1. The van der Waals surface area contributed by atoms with Crippen molar-refractivity contribution in [1.82, 2.24) is 10.6 Å². The van der Waals surface area contributed by atoms with E-state index in [0.29, 0.717) is 18.9 Å². The fourth-order valence-corrected chi connectivity index (χ4v) is 3.02. The van der Waals surface area contributed by atoms with Crippen molar-refractivity contribution < 1.29 is 14.3 Å². The standard InChI is InChI=1S/C17H24N2O3S/c1-13-5-4-6-14(11-13)22-9-10-23-12-16(20)19-15-7-2-3-8-18-17(15)21/h4-6,11,15H,2-3,7-10,12H2,1H3,(H,18,21)(H,19,20). The fourth-order valence-electron chi connectivity index (χ4n) is 2.40. The van der Waals surface area contributed by atoms with Gasteiger partial charge in [-0.3, -0.25) is 9.59 Å². The van der Waals surface area contributed by atoms with Crippen molar-refractivity contribution in [3.63, 3.8) is 0 Å². The highest BCUT2D eigenvalue weighted by molar-refractivity contribution is 7.99. The molecule has 0 spiro atoms. The lowest BCUT2D eigenvalue weighted by atomic mass is 10.1. The number of ether oxygens (including phenoxy) is 1. The molecule has 0 saturated carbocycles. The van der Waals surface area contributed by atoms with Crippen LogP contribution in [-0.2, 0) is 9.59 Å². The number of nitrogens with one attached hydrogen (secondary N) is 2. The van der Waals surface area contributed by atoms with Crippen molar-refractivity contribution in [3.05, 3.63) is 29.8 Å². The maximum absolute atomic E-state index is 11.9. The molecule has 1 atom stereocenters. The minimum Gasteiger partial charge on any atom is -0.493 e. The Balaban J connectivity index is 1.60. The van der Waals surface area contributed by atoms with Crippen LogP contribution in [0.2, 0.25) is 0 Å². The predicted octanol–water partition coefficient (Wildman–Crippen LogP) is 1.89. The summed E-state index contributed by atoms with van der Waals surface area (Å²) in [6.07, 6.45) is 2.66. The molecule has 23 heavy (non-hydrogen) atoms. The Labute approximate surface area is 141 Å². The summed E-state index contributed by atoms with van der Waals surface area (Å²) < 4.78 is 5.64. The average Bonchev–Trinajstić information content (AvgIpc) is 2.72. The molecule has 6 heteroatoms. The summed E-state index contributed by atoms with van der Waals surface area (Å²) in [6.45, 7) is 3.29. The molecular formula is C17H24N2O3S. The van der Waals surface area contributed by atoms with Gasteiger partial charge < -0.3 is 15.4 Å². The Morgan fingerprint density at radius 1 is 1.43 bits per heavy atom. The summed E-state index contributed by atoms with van der Waals surface area (Å²) in [5, 5.41) is 5.63. The van der Waals surface area contributed by atoms with E-state index in [2.05, 4.69) is 10.6 Å². The largest absolute Gasteiger partial charge is 0.493 e. The maximum Gasteiger partial charge on any atom is 0.242 e. The van der Waals surface area contributed by atoms with Gasteiger partial charge >= 0.3 is 0 Å². The fraction of sp³-hybridized carbons (Fsp3) is 0.529. The summed E-state index contributed by atoms with van der Waals surface area (Å²) >= 11 is 1.51. The normalized spacial score (nSPS) is 18.0. The molecule has 126 valence electrons. The Kier molecular flexibility index (Phi) is 7.26. The van der Waals surface area contributed by atoms with Gasteiger partial charge in [0.1, 0.15) is 11.8 Å². The summed E-state index contributed by atoms with van der Waals surface area (Å²) in [5.41, 5.74) is 1.16. The highest BCUT2D eigenvalue weighted by Gasteiger charge is 2.21. The highest BCUT2D eigenvalue weighted by atomic mass is 32.2. The lowest BCUT2D eigenvalue weighted by Gasteiger charge is -2.15.